The molecule has 1 atom stereocenters. The number of alkyl halides is 3. The molecule has 0 radical (unpaired) electrons. The molecule has 1 unspecified atom stereocenters. The van der Waals surface area contributed by atoms with Crippen LogP contribution in [0, 0.1) is 0 Å². The van der Waals surface area contributed by atoms with Crippen LogP contribution in [0.25, 0.3) is 0 Å². The van der Waals surface area contributed by atoms with Crippen LogP contribution in [0.5, 0.6) is 0 Å². The van der Waals surface area contributed by atoms with E-state index in [1.54, 1.807) is 0 Å². The molecule has 1 aromatic heterocycles. The number of nitrogens with zero attached hydrogens (tertiary/aromatic N) is 2. The predicted molar refractivity (Wildman–Crippen MR) is 58.1 cm³/mol. The minimum atomic E-state index is -4.45. The Morgan fingerprint density at radius 1 is 1.39 bits per heavy atom. The van der Waals surface area contributed by atoms with Gasteiger partial charge in [0, 0.05) is 19.1 Å². The molecule has 100 valence electrons. The van der Waals surface area contributed by atoms with Gasteiger partial charge in [0.1, 0.15) is 5.82 Å². The second-order valence-electron chi connectivity index (χ2n) is 3.91. The molecule has 5 nitrogen and oxygen atoms in total. The van der Waals surface area contributed by atoms with E-state index in [9.17, 15) is 13.2 Å². The van der Waals surface area contributed by atoms with Crippen LogP contribution < -0.4 is 10.6 Å². The number of ether oxygens (including phenoxy) is 1. The van der Waals surface area contributed by atoms with Gasteiger partial charge in [0.25, 0.3) is 0 Å². The molecule has 8 heteroatoms. The number of aromatic nitrogens is 2. The van der Waals surface area contributed by atoms with E-state index in [4.69, 9.17) is 4.74 Å². The van der Waals surface area contributed by atoms with Gasteiger partial charge in [-0.2, -0.15) is 13.2 Å². The maximum atomic E-state index is 12.2. The number of halogens is 3. The van der Waals surface area contributed by atoms with Crippen molar-refractivity contribution in [2.45, 2.75) is 12.2 Å². The SMILES string of the molecule is FC(F)(F)c1ccc(NCC2COCCN2)nn1. The molecule has 1 fully saturated rings. The van der Waals surface area contributed by atoms with Gasteiger partial charge in [0.05, 0.1) is 13.2 Å². The molecule has 0 bridgehead atoms. The zero-order valence-electron chi connectivity index (χ0n) is 9.50. The molecule has 1 saturated heterocycles. The first-order chi connectivity index (χ1) is 8.55. The summed E-state index contributed by atoms with van der Waals surface area (Å²) in [5.74, 6) is 0.315. The lowest BCUT2D eigenvalue weighted by molar-refractivity contribution is -0.141. The van der Waals surface area contributed by atoms with Crippen molar-refractivity contribution in [2.75, 3.05) is 31.6 Å². The van der Waals surface area contributed by atoms with Gasteiger partial charge in [-0.25, -0.2) is 0 Å². The van der Waals surface area contributed by atoms with Gasteiger partial charge in [0.2, 0.25) is 0 Å². The number of anilines is 1. The molecular weight excluding hydrogens is 249 g/mol. The van der Waals surface area contributed by atoms with Crippen molar-refractivity contribution in [1.82, 2.24) is 15.5 Å². The van der Waals surface area contributed by atoms with Crippen molar-refractivity contribution in [3.05, 3.63) is 17.8 Å². The van der Waals surface area contributed by atoms with Crippen molar-refractivity contribution < 1.29 is 17.9 Å². The third-order valence-corrected chi connectivity index (χ3v) is 2.48. The Hall–Kier alpha value is -1.41. The maximum Gasteiger partial charge on any atom is 0.435 e. The summed E-state index contributed by atoms with van der Waals surface area (Å²) in [5, 5.41) is 12.7. The summed E-state index contributed by atoms with van der Waals surface area (Å²) in [5.41, 5.74) is -0.993. The molecule has 2 N–H and O–H groups in total. The zero-order chi connectivity index (χ0) is 13.0. The summed E-state index contributed by atoms with van der Waals surface area (Å²) in [6, 6.07) is 2.29. The smallest absolute Gasteiger partial charge is 0.378 e. The third kappa shape index (κ3) is 3.54. The molecule has 1 aliphatic heterocycles. The number of rotatable bonds is 3. The summed E-state index contributed by atoms with van der Waals surface area (Å²) < 4.78 is 42.0. The fourth-order valence-corrected chi connectivity index (χ4v) is 1.56. The monoisotopic (exact) mass is 262 g/mol. The zero-order valence-corrected chi connectivity index (χ0v) is 9.50. The Labute approximate surface area is 102 Å². The van der Waals surface area contributed by atoms with Gasteiger partial charge < -0.3 is 15.4 Å². The van der Waals surface area contributed by atoms with Gasteiger partial charge in [0.15, 0.2) is 5.69 Å². The molecule has 0 amide bonds. The number of morpholine rings is 1. The van der Waals surface area contributed by atoms with Crippen LogP contribution in [-0.4, -0.2) is 42.5 Å². The van der Waals surface area contributed by atoms with Gasteiger partial charge in [-0.1, -0.05) is 0 Å². The molecule has 1 aromatic rings. The Balaban J connectivity index is 1.86. The van der Waals surface area contributed by atoms with E-state index >= 15 is 0 Å². The lowest BCUT2D eigenvalue weighted by atomic mass is 10.3. The molecule has 0 saturated carbocycles. The normalized spacial score (nSPS) is 20.7. The van der Waals surface area contributed by atoms with E-state index in [0.29, 0.717) is 25.6 Å². The number of hydrogen-bond donors (Lipinski definition) is 2. The van der Waals surface area contributed by atoms with Crippen LogP contribution >= 0.6 is 0 Å². The van der Waals surface area contributed by atoms with E-state index in [0.717, 1.165) is 12.6 Å². The van der Waals surface area contributed by atoms with Crippen molar-refractivity contribution in [2.24, 2.45) is 0 Å². The summed E-state index contributed by atoms with van der Waals surface area (Å²) in [6.07, 6.45) is -4.45. The fraction of sp³-hybridized carbons (Fsp3) is 0.600. The molecule has 18 heavy (non-hydrogen) atoms. The van der Waals surface area contributed by atoms with Crippen LogP contribution in [0.2, 0.25) is 0 Å². The Morgan fingerprint density at radius 2 is 2.22 bits per heavy atom. The molecule has 0 spiro atoms. The topological polar surface area (TPSA) is 59.1 Å². The average Bonchev–Trinajstić information content (AvgIpc) is 2.37. The summed E-state index contributed by atoms with van der Waals surface area (Å²) in [4.78, 5) is 0. The molecule has 2 rings (SSSR count). The minimum absolute atomic E-state index is 0.128. The summed E-state index contributed by atoms with van der Waals surface area (Å²) in [7, 11) is 0. The Bertz CT molecular complexity index is 376. The lowest BCUT2D eigenvalue weighted by Gasteiger charge is -2.24. The van der Waals surface area contributed by atoms with Crippen LogP contribution in [0.3, 0.4) is 0 Å². The average molecular weight is 262 g/mol. The van der Waals surface area contributed by atoms with Crippen LogP contribution in [-0.2, 0) is 10.9 Å². The predicted octanol–water partition coefficient (Wildman–Crippen LogP) is 0.896. The second kappa shape index (κ2) is 5.49. The number of hydrogen-bond acceptors (Lipinski definition) is 5. The van der Waals surface area contributed by atoms with Crippen molar-refractivity contribution >= 4 is 5.82 Å². The highest BCUT2D eigenvalue weighted by atomic mass is 19.4. The van der Waals surface area contributed by atoms with E-state index in [-0.39, 0.29) is 6.04 Å². The molecule has 1 aliphatic rings. The second-order valence-corrected chi connectivity index (χ2v) is 3.91. The largest absolute Gasteiger partial charge is 0.435 e. The summed E-state index contributed by atoms with van der Waals surface area (Å²) >= 11 is 0. The lowest BCUT2D eigenvalue weighted by Crippen LogP contribution is -2.45. The van der Waals surface area contributed by atoms with Crippen LogP contribution in [0.1, 0.15) is 5.69 Å². The maximum absolute atomic E-state index is 12.2. The minimum Gasteiger partial charge on any atom is -0.378 e. The number of nitrogens with one attached hydrogen (secondary N) is 2. The molecule has 2 heterocycles. The van der Waals surface area contributed by atoms with Crippen molar-refractivity contribution in [3.8, 4) is 0 Å². The Kier molecular flexibility index (Phi) is 3.97. The van der Waals surface area contributed by atoms with Crippen LogP contribution in [0.15, 0.2) is 12.1 Å². The molecule has 0 aliphatic carbocycles. The standard InChI is InChI=1S/C10H13F3N4O/c11-10(12,13)8-1-2-9(17-16-8)15-5-7-6-18-4-3-14-7/h1-2,7,14H,3-6H2,(H,15,17). The van der Waals surface area contributed by atoms with Crippen molar-refractivity contribution in [3.63, 3.8) is 0 Å². The van der Waals surface area contributed by atoms with Gasteiger partial charge >= 0.3 is 6.18 Å². The first-order valence-electron chi connectivity index (χ1n) is 5.51. The fourth-order valence-electron chi connectivity index (χ4n) is 1.56. The highest BCUT2D eigenvalue weighted by Crippen LogP contribution is 2.26. The van der Waals surface area contributed by atoms with E-state index in [2.05, 4.69) is 20.8 Å². The first kappa shape index (κ1) is 13.0. The quantitative estimate of drug-likeness (QED) is 0.847. The van der Waals surface area contributed by atoms with Gasteiger partial charge in [-0.05, 0) is 12.1 Å². The van der Waals surface area contributed by atoms with Gasteiger partial charge in [-0.15, -0.1) is 10.2 Å². The first-order valence-corrected chi connectivity index (χ1v) is 5.51. The van der Waals surface area contributed by atoms with E-state index < -0.39 is 11.9 Å². The summed E-state index contributed by atoms with van der Waals surface area (Å²) in [6.45, 7) is 2.54. The molecular formula is C10H13F3N4O. The van der Waals surface area contributed by atoms with E-state index in [1.165, 1.54) is 6.07 Å². The third-order valence-electron chi connectivity index (χ3n) is 2.48. The van der Waals surface area contributed by atoms with Gasteiger partial charge in [-0.3, -0.25) is 0 Å². The van der Waals surface area contributed by atoms with Crippen LogP contribution in [0.4, 0.5) is 19.0 Å². The highest BCUT2D eigenvalue weighted by molar-refractivity contribution is 5.33. The molecule has 0 aromatic carbocycles. The highest BCUT2D eigenvalue weighted by Gasteiger charge is 2.32. The Morgan fingerprint density at radius 3 is 2.78 bits per heavy atom. The van der Waals surface area contributed by atoms with Crippen molar-refractivity contribution in [1.29, 1.82) is 0 Å². The van der Waals surface area contributed by atoms with E-state index in [1.807, 2.05) is 0 Å².